The van der Waals surface area contributed by atoms with Gasteiger partial charge in [0, 0.05) is 18.0 Å². The monoisotopic (exact) mass is 264 g/mol. The molecule has 6 heteroatoms. The zero-order valence-corrected chi connectivity index (χ0v) is 11.2. The third-order valence-corrected chi connectivity index (χ3v) is 4.30. The summed E-state index contributed by atoms with van der Waals surface area (Å²) in [5, 5.41) is 4.79. The first-order valence-electron chi connectivity index (χ1n) is 6.25. The van der Waals surface area contributed by atoms with Crippen LogP contribution in [0, 0.1) is 0 Å². The number of thiophene rings is 1. The molecule has 0 saturated carbocycles. The summed E-state index contributed by atoms with van der Waals surface area (Å²) < 4.78 is 5.33. The third kappa shape index (κ3) is 1.96. The average Bonchev–Trinajstić information content (AvgIpc) is 3.08. The van der Waals surface area contributed by atoms with Crippen LogP contribution < -0.4 is 10.6 Å². The van der Waals surface area contributed by atoms with E-state index in [9.17, 15) is 0 Å². The van der Waals surface area contributed by atoms with Gasteiger partial charge in [-0.3, -0.25) is 0 Å². The van der Waals surface area contributed by atoms with Crippen molar-refractivity contribution in [2.24, 2.45) is 0 Å². The van der Waals surface area contributed by atoms with Gasteiger partial charge in [-0.15, -0.1) is 11.3 Å². The Balaban J connectivity index is 1.89. The Morgan fingerprint density at radius 1 is 1.44 bits per heavy atom. The van der Waals surface area contributed by atoms with Crippen molar-refractivity contribution >= 4 is 22.3 Å². The number of aromatic nitrogens is 2. The molecule has 0 unspecified atom stereocenters. The lowest BCUT2D eigenvalue weighted by Gasteiger charge is -2.09. The predicted molar refractivity (Wildman–Crippen MR) is 72.8 cm³/mol. The maximum Gasteiger partial charge on any atom is 0.266 e. The highest BCUT2D eigenvalue weighted by molar-refractivity contribution is 7.16. The fourth-order valence-corrected chi connectivity index (χ4v) is 3.03. The zero-order chi connectivity index (χ0) is 12.5. The molecule has 3 rings (SSSR count). The molecule has 0 bridgehead atoms. The molecular weight excluding hydrogens is 248 g/mol. The standard InChI is InChI=1S/C12H16N4OS/c1-2-8-7-9(10(13)18-8)11-14-12(15-17-11)16-5-3-4-6-16/h7H,2-6,13H2,1H3. The Morgan fingerprint density at radius 3 is 2.89 bits per heavy atom. The lowest BCUT2D eigenvalue weighted by atomic mass is 10.2. The van der Waals surface area contributed by atoms with E-state index >= 15 is 0 Å². The Hall–Kier alpha value is -1.56. The van der Waals surface area contributed by atoms with E-state index in [4.69, 9.17) is 10.3 Å². The fraction of sp³-hybridized carbons (Fsp3) is 0.500. The molecule has 0 radical (unpaired) electrons. The van der Waals surface area contributed by atoms with Crippen LogP contribution in [0.1, 0.15) is 24.6 Å². The number of aryl methyl sites for hydroxylation is 1. The summed E-state index contributed by atoms with van der Waals surface area (Å²) in [6, 6.07) is 2.04. The van der Waals surface area contributed by atoms with Crippen LogP contribution in [-0.4, -0.2) is 23.2 Å². The van der Waals surface area contributed by atoms with Gasteiger partial charge < -0.3 is 15.2 Å². The number of rotatable bonds is 3. The van der Waals surface area contributed by atoms with E-state index in [-0.39, 0.29) is 0 Å². The number of nitrogens with two attached hydrogens (primary N) is 1. The Bertz CT molecular complexity index is 542. The Morgan fingerprint density at radius 2 is 2.22 bits per heavy atom. The first-order valence-corrected chi connectivity index (χ1v) is 7.07. The molecular formula is C12H16N4OS. The highest BCUT2D eigenvalue weighted by Crippen LogP contribution is 2.34. The van der Waals surface area contributed by atoms with E-state index in [1.807, 2.05) is 6.07 Å². The van der Waals surface area contributed by atoms with Gasteiger partial charge in [0.05, 0.1) is 10.6 Å². The highest BCUT2D eigenvalue weighted by atomic mass is 32.1. The van der Waals surface area contributed by atoms with Crippen molar-refractivity contribution in [3.05, 3.63) is 10.9 Å². The summed E-state index contributed by atoms with van der Waals surface area (Å²) in [7, 11) is 0. The van der Waals surface area contributed by atoms with E-state index in [0.29, 0.717) is 11.8 Å². The van der Waals surface area contributed by atoms with Crippen LogP contribution in [0.5, 0.6) is 0 Å². The SMILES string of the molecule is CCc1cc(-c2nc(N3CCCC3)no2)c(N)s1. The molecule has 96 valence electrons. The van der Waals surface area contributed by atoms with E-state index < -0.39 is 0 Å². The van der Waals surface area contributed by atoms with Crippen LogP contribution in [0.3, 0.4) is 0 Å². The molecule has 1 saturated heterocycles. The van der Waals surface area contributed by atoms with E-state index in [0.717, 1.165) is 30.1 Å². The number of hydrogen-bond donors (Lipinski definition) is 1. The van der Waals surface area contributed by atoms with Gasteiger partial charge in [-0.25, -0.2) is 0 Å². The lowest BCUT2D eigenvalue weighted by molar-refractivity contribution is 0.430. The smallest absolute Gasteiger partial charge is 0.266 e. The summed E-state index contributed by atoms with van der Waals surface area (Å²) in [6.07, 6.45) is 3.37. The number of nitrogen functional groups attached to an aromatic ring is 1. The van der Waals surface area contributed by atoms with Gasteiger partial charge in [-0.2, -0.15) is 4.98 Å². The van der Waals surface area contributed by atoms with E-state index in [1.165, 1.54) is 17.7 Å². The van der Waals surface area contributed by atoms with Crippen LogP contribution in [0.4, 0.5) is 10.9 Å². The van der Waals surface area contributed by atoms with Crippen molar-refractivity contribution in [1.29, 1.82) is 0 Å². The average molecular weight is 264 g/mol. The first-order chi connectivity index (χ1) is 8.78. The molecule has 0 aromatic carbocycles. The van der Waals surface area contributed by atoms with Crippen molar-refractivity contribution in [1.82, 2.24) is 10.1 Å². The molecule has 0 aliphatic carbocycles. The van der Waals surface area contributed by atoms with Gasteiger partial charge in [0.15, 0.2) is 0 Å². The van der Waals surface area contributed by atoms with Gasteiger partial charge in [0.2, 0.25) is 0 Å². The fourth-order valence-electron chi connectivity index (χ4n) is 2.17. The number of nitrogens with zero attached hydrogens (tertiary/aromatic N) is 3. The van der Waals surface area contributed by atoms with Gasteiger partial charge in [-0.1, -0.05) is 6.92 Å². The summed E-state index contributed by atoms with van der Waals surface area (Å²) in [6.45, 7) is 4.13. The van der Waals surface area contributed by atoms with Crippen molar-refractivity contribution in [3.63, 3.8) is 0 Å². The molecule has 0 amide bonds. The number of anilines is 2. The quantitative estimate of drug-likeness (QED) is 0.922. The summed E-state index contributed by atoms with van der Waals surface area (Å²) in [4.78, 5) is 7.83. The lowest BCUT2D eigenvalue weighted by Crippen LogP contribution is -2.18. The summed E-state index contributed by atoms with van der Waals surface area (Å²) in [5.41, 5.74) is 6.86. The molecule has 2 N–H and O–H groups in total. The minimum absolute atomic E-state index is 0.533. The first kappa shape index (κ1) is 11.5. The third-order valence-electron chi connectivity index (χ3n) is 3.19. The van der Waals surface area contributed by atoms with Crippen molar-refractivity contribution in [2.75, 3.05) is 23.7 Å². The van der Waals surface area contributed by atoms with Crippen molar-refractivity contribution in [3.8, 4) is 11.5 Å². The molecule has 0 spiro atoms. The van der Waals surface area contributed by atoms with E-state index in [2.05, 4.69) is 22.0 Å². The van der Waals surface area contributed by atoms with E-state index in [1.54, 1.807) is 11.3 Å². The molecule has 1 fully saturated rings. The van der Waals surface area contributed by atoms with Crippen molar-refractivity contribution in [2.45, 2.75) is 26.2 Å². The zero-order valence-electron chi connectivity index (χ0n) is 10.3. The normalized spacial score (nSPS) is 15.5. The molecule has 1 aliphatic heterocycles. The second kappa shape index (κ2) is 4.61. The van der Waals surface area contributed by atoms with Crippen LogP contribution in [-0.2, 0) is 6.42 Å². The highest BCUT2D eigenvalue weighted by Gasteiger charge is 2.20. The second-order valence-corrected chi connectivity index (χ2v) is 5.61. The largest absolute Gasteiger partial charge is 0.390 e. The topological polar surface area (TPSA) is 68.2 Å². The maximum absolute atomic E-state index is 5.99. The molecule has 3 heterocycles. The maximum atomic E-state index is 5.99. The molecule has 5 nitrogen and oxygen atoms in total. The Labute approximate surface area is 110 Å². The molecule has 18 heavy (non-hydrogen) atoms. The minimum Gasteiger partial charge on any atom is -0.390 e. The van der Waals surface area contributed by atoms with Crippen LogP contribution in [0.15, 0.2) is 10.6 Å². The Kier molecular flexibility index (Phi) is 2.95. The molecule has 0 atom stereocenters. The molecule has 2 aromatic heterocycles. The van der Waals surface area contributed by atoms with Crippen LogP contribution in [0.2, 0.25) is 0 Å². The number of hydrogen-bond acceptors (Lipinski definition) is 6. The summed E-state index contributed by atoms with van der Waals surface area (Å²) >= 11 is 1.59. The van der Waals surface area contributed by atoms with Gasteiger partial charge in [0.1, 0.15) is 0 Å². The molecule has 1 aliphatic rings. The van der Waals surface area contributed by atoms with Crippen LogP contribution >= 0.6 is 11.3 Å². The van der Waals surface area contributed by atoms with Gasteiger partial charge in [-0.05, 0) is 30.5 Å². The van der Waals surface area contributed by atoms with Crippen molar-refractivity contribution < 1.29 is 4.52 Å². The van der Waals surface area contributed by atoms with Crippen LogP contribution in [0.25, 0.3) is 11.5 Å². The second-order valence-electron chi connectivity index (χ2n) is 4.44. The minimum atomic E-state index is 0.533. The molecule has 2 aromatic rings. The van der Waals surface area contributed by atoms with Gasteiger partial charge >= 0.3 is 0 Å². The summed E-state index contributed by atoms with van der Waals surface area (Å²) in [5.74, 6) is 1.22. The predicted octanol–water partition coefficient (Wildman–Crippen LogP) is 2.54. The van der Waals surface area contributed by atoms with Gasteiger partial charge in [0.25, 0.3) is 11.8 Å².